The molecule has 0 bridgehead atoms. The molecule has 0 aliphatic carbocycles. The van der Waals surface area contributed by atoms with Gasteiger partial charge in [0.25, 0.3) is 10.1 Å². The lowest BCUT2D eigenvalue weighted by molar-refractivity contribution is 0.482. The molecule has 0 fully saturated rings. The van der Waals surface area contributed by atoms with E-state index in [-0.39, 0.29) is 4.90 Å². The second kappa shape index (κ2) is 3.94. The zero-order valence-electron chi connectivity index (χ0n) is 9.46. The Hall–Kier alpha value is -0.870. The topological polar surface area (TPSA) is 54.4 Å². The molecule has 0 heterocycles. The summed E-state index contributed by atoms with van der Waals surface area (Å²) in [4.78, 5) is 0.0229. The summed E-state index contributed by atoms with van der Waals surface area (Å²) in [7, 11) is -4.10. The number of rotatable bonds is 2. The fraction of sp³-hybridized carbons (Fsp3) is 0.455. The zero-order chi connectivity index (χ0) is 11.8. The first kappa shape index (κ1) is 12.2. The van der Waals surface area contributed by atoms with Crippen molar-refractivity contribution >= 4 is 10.1 Å². The third-order valence-electron chi connectivity index (χ3n) is 2.84. The first-order chi connectivity index (χ1) is 6.79. The van der Waals surface area contributed by atoms with Crippen LogP contribution in [-0.2, 0) is 16.5 Å². The van der Waals surface area contributed by atoms with Gasteiger partial charge in [0, 0.05) is 0 Å². The standard InChI is InChI=1S/C11H16O3S/c1-5-10-7(2)6-11(15(12,13)14)9(4)8(10)3/h6H,5H2,1-4H3,(H,12,13,14). The van der Waals surface area contributed by atoms with Gasteiger partial charge < -0.3 is 0 Å². The molecule has 3 nitrogen and oxygen atoms in total. The molecule has 4 heteroatoms. The van der Waals surface area contributed by atoms with Crippen LogP contribution in [0.1, 0.15) is 29.2 Å². The van der Waals surface area contributed by atoms with E-state index in [0.29, 0.717) is 5.56 Å². The highest BCUT2D eigenvalue weighted by Crippen LogP contribution is 2.25. The second-order valence-electron chi connectivity index (χ2n) is 3.75. The van der Waals surface area contributed by atoms with Gasteiger partial charge in [-0.2, -0.15) is 8.42 Å². The maximum atomic E-state index is 11.1. The van der Waals surface area contributed by atoms with E-state index < -0.39 is 10.1 Å². The largest absolute Gasteiger partial charge is 0.294 e. The van der Waals surface area contributed by atoms with E-state index in [9.17, 15) is 8.42 Å². The van der Waals surface area contributed by atoms with Gasteiger partial charge in [0.05, 0.1) is 4.90 Å². The molecule has 1 aromatic rings. The molecular weight excluding hydrogens is 212 g/mol. The third kappa shape index (κ3) is 2.21. The molecule has 0 radical (unpaired) electrons. The predicted molar refractivity (Wildman–Crippen MR) is 59.8 cm³/mol. The zero-order valence-corrected chi connectivity index (χ0v) is 10.3. The highest BCUT2D eigenvalue weighted by molar-refractivity contribution is 7.85. The lowest BCUT2D eigenvalue weighted by atomic mass is 9.97. The van der Waals surface area contributed by atoms with Crippen molar-refractivity contribution in [1.29, 1.82) is 0 Å². The average Bonchev–Trinajstić information content (AvgIpc) is 2.10. The van der Waals surface area contributed by atoms with Gasteiger partial charge in [-0.15, -0.1) is 0 Å². The van der Waals surface area contributed by atoms with E-state index in [2.05, 4.69) is 0 Å². The SMILES string of the molecule is CCc1c(C)cc(S(=O)(=O)O)c(C)c1C. The van der Waals surface area contributed by atoms with E-state index in [1.54, 1.807) is 6.92 Å². The summed E-state index contributed by atoms with van der Waals surface area (Å²) in [6, 6.07) is 1.54. The van der Waals surface area contributed by atoms with Gasteiger partial charge >= 0.3 is 0 Å². The van der Waals surface area contributed by atoms with E-state index in [1.807, 2.05) is 20.8 Å². The molecule has 0 aliphatic rings. The summed E-state index contributed by atoms with van der Waals surface area (Å²) in [5, 5.41) is 0. The van der Waals surface area contributed by atoms with Crippen LogP contribution in [0.5, 0.6) is 0 Å². The molecule has 0 atom stereocenters. The van der Waals surface area contributed by atoms with Crippen LogP contribution in [0.4, 0.5) is 0 Å². The molecule has 0 amide bonds. The van der Waals surface area contributed by atoms with Crippen molar-refractivity contribution in [2.24, 2.45) is 0 Å². The van der Waals surface area contributed by atoms with Crippen molar-refractivity contribution in [2.75, 3.05) is 0 Å². The van der Waals surface area contributed by atoms with E-state index in [4.69, 9.17) is 4.55 Å². The van der Waals surface area contributed by atoms with E-state index >= 15 is 0 Å². The number of benzene rings is 1. The molecule has 0 aliphatic heterocycles. The fourth-order valence-electron chi connectivity index (χ4n) is 1.91. The first-order valence-electron chi connectivity index (χ1n) is 4.86. The summed E-state index contributed by atoms with van der Waals surface area (Å²) in [6.07, 6.45) is 0.865. The maximum absolute atomic E-state index is 11.1. The molecule has 0 aromatic heterocycles. The Morgan fingerprint density at radius 2 is 1.73 bits per heavy atom. The molecule has 84 valence electrons. The Balaban J connectivity index is 3.62. The van der Waals surface area contributed by atoms with Crippen LogP contribution < -0.4 is 0 Å². The van der Waals surface area contributed by atoms with E-state index in [0.717, 1.165) is 23.1 Å². The summed E-state index contributed by atoms with van der Waals surface area (Å²) in [5.41, 5.74) is 3.65. The molecule has 15 heavy (non-hydrogen) atoms. The van der Waals surface area contributed by atoms with Crippen molar-refractivity contribution in [3.05, 3.63) is 28.3 Å². The molecule has 0 saturated heterocycles. The van der Waals surface area contributed by atoms with Crippen molar-refractivity contribution < 1.29 is 13.0 Å². The highest BCUT2D eigenvalue weighted by atomic mass is 32.2. The van der Waals surface area contributed by atoms with Gasteiger partial charge in [0.15, 0.2) is 0 Å². The Morgan fingerprint density at radius 3 is 2.13 bits per heavy atom. The molecule has 1 aromatic carbocycles. The van der Waals surface area contributed by atoms with Gasteiger partial charge in [-0.1, -0.05) is 6.92 Å². The Kier molecular flexibility index (Phi) is 3.21. The Bertz CT molecular complexity index is 487. The summed E-state index contributed by atoms with van der Waals surface area (Å²) in [5.74, 6) is 0. The average molecular weight is 228 g/mol. The van der Waals surface area contributed by atoms with Crippen LogP contribution in [0, 0.1) is 20.8 Å². The normalized spacial score (nSPS) is 11.8. The lowest BCUT2D eigenvalue weighted by Gasteiger charge is -2.13. The van der Waals surface area contributed by atoms with E-state index in [1.165, 1.54) is 6.07 Å². The second-order valence-corrected chi connectivity index (χ2v) is 5.14. The van der Waals surface area contributed by atoms with Crippen molar-refractivity contribution in [3.63, 3.8) is 0 Å². The van der Waals surface area contributed by atoms with Crippen LogP contribution in [0.15, 0.2) is 11.0 Å². The minimum absolute atomic E-state index is 0.0229. The quantitative estimate of drug-likeness (QED) is 0.791. The molecule has 1 rings (SSSR count). The van der Waals surface area contributed by atoms with Gasteiger partial charge in [-0.25, -0.2) is 0 Å². The summed E-state index contributed by atoms with van der Waals surface area (Å²) in [6.45, 7) is 7.49. The van der Waals surface area contributed by atoms with Gasteiger partial charge in [0.1, 0.15) is 0 Å². The molecule has 1 N–H and O–H groups in total. The van der Waals surface area contributed by atoms with Crippen molar-refractivity contribution in [3.8, 4) is 0 Å². The number of aryl methyl sites for hydroxylation is 1. The van der Waals surface area contributed by atoms with Crippen molar-refractivity contribution in [1.82, 2.24) is 0 Å². The number of hydrogen-bond acceptors (Lipinski definition) is 2. The first-order valence-corrected chi connectivity index (χ1v) is 6.30. The summed E-state index contributed by atoms with van der Waals surface area (Å²) < 4.78 is 31.3. The minimum atomic E-state index is -4.10. The number of hydrogen-bond donors (Lipinski definition) is 1. The smallest absolute Gasteiger partial charge is 0.282 e. The molecule has 0 saturated carbocycles. The molecule has 0 spiro atoms. The minimum Gasteiger partial charge on any atom is -0.282 e. The predicted octanol–water partition coefficient (Wildman–Crippen LogP) is 2.42. The van der Waals surface area contributed by atoms with Crippen LogP contribution in [0.3, 0.4) is 0 Å². The maximum Gasteiger partial charge on any atom is 0.294 e. The van der Waals surface area contributed by atoms with Crippen LogP contribution in [0.2, 0.25) is 0 Å². The molecule has 0 unspecified atom stereocenters. The van der Waals surface area contributed by atoms with Gasteiger partial charge in [-0.05, 0) is 55.5 Å². The fourth-order valence-corrected chi connectivity index (χ4v) is 2.78. The Labute approximate surface area is 90.9 Å². The molecular formula is C11H16O3S. The lowest BCUT2D eigenvalue weighted by Crippen LogP contribution is -2.06. The summed E-state index contributed by atoms with van der Waals surface area (Å²) >= 11 is 0. The van der Waals surface area contributed by atoms with Crippen LogP contribution in [-0.4, -0.2) is 13.0 Å². The monoisotopic (exact) mass is 228 g/mol. The third-order valence-corrected chi connectivity index (χ3v) is 3.82. The van der Waals surface area contributed by atoms with Crippen molar-refractivity contribution in [2.45, 2.75) is 39.0 Å². The Morgan fingerprint density at radius 1 is 1.20 bits per heavy atom. The van der Waals surface area contributed by atoms with Gasteiger partial charge in [0.2, 0.25) is 0 Å². The highest BCUT2D eigenvalue weighted by Gasteiger charge is 2.17. The van der Waals surface area contributed by atoms with Crippen LogP contribution in [0.25, 0.3) is 0 Å². The van der Waals surface area contributed by atoms with Gasteiger partial charge in [-0.3, -0.25) is 4.55 Å². The van der Waals surface area contributed by atoms with Crippen LogP contribution >= 0.6 is 0 Å².